The standard InChI is InChI=1S/C21H27N3OS/c1-24(13-19-23-17-4-2-3-5-18(17)26-19)20(25)12-22-21-9-14-6-15(10-21)8-16(7-14)11-21/h2-5,14-16,22H,6-13H2,1H3. The van der Waals surface area contributed by atoms with Crippen LogP contribution in [0.15, 0.2) is 24.3 Å². The minimum atomic E-state index is 0.181. The number of hydrogen-bond donors (Lipinski definition) is 1. The van der Waals surface area contributed by atoms with Gasteiger partial charge in [0.15, 0.2) is 0 Å². The number of rotatable bonds is 5. The number of likely N-dealkylation sites (N-methyl/N-ethyl adjacent to an activating group) is 1. The van der Waals surface area contributed by atoms with Gasteiger partial charge in [-0.05, 0) is 68.4 Å². The molecule has 1 aromatic carbocycles. The third-order valence-electron chi connectivity index (χ3n) is 6.79. The van der Waals surface area contributed by atoms with Crippen LogP contribution in [0.2, 0.25) is 0 Å². The van der Waals surface area contributed by atoms with Crippen molar-refractivity contribution in [2.75, 3.05) is 13.6 Å². The molecule has 138 valence electrons. The smallest absolute Gasteiger partial charge is 0.236 e. The fraction of sp³-hybridized carbons (Fsp3) is 0.619. The van der Waals surface area contributed by atoms with E-state index in [-0.39, 0.29) is 11.4 Å². The molecule has 1 aromatic heterocycles. The largest absolute Gasteiger partial charge is 0.338 e. The minimum absolute atomic E-state index is 0.181. The third kappa shape index (κ3) is 3.05. The number of nitrogens with zero attached hydrogens (tertiary/aromatic N) is 2. The normalized spacial score (nSPS) is 32.3. The molecule has 1 amide bonds. The maximum absolute atomic E-state index is 12.7. The van der Waals surface area contributed by atoms with Crippen molar-refractivity contribution in [2.45, 2.75) is 50.6 Å². The van der Waals surface area contributed by atoms with E-state index in [1.807, 2.05) is 30.1 Å². The van der Waals surface area contributed by atoms with Gasteiger partial charge in [-0.2, -0.15) is 0 Å². The number of carbonyl (C=O) groups is 1. The van der Waals surface area contributed by atoms with Crippen molar-refractivity contribution in [2.24, 2.45) is 17.8 Å². The molecule has 4 bridgehead atoms. The van der Waals surface area contributed by atoms with Gasteiger partial charge in [-0.1, -0.05) is 12.1 Å². The highest BCUT2D eigenvalue weighted by atomic mass is 32.1. The number of thiazole rings is 1. The second kappa shape index (κ2) is 6.31. The first-order chi connectivity index (χ1) is 12.6. The van der Waals surface area contributed by atoms with Crippen LogP contribution in [-0.2, 0) is 11.3 Å². The van der Waals surface area contributed by atoms with Crippen LogP contribution < -0.4 is 5.32 Å². The molecule has 1 heterocycles. The van der Waals surface area contributed by atoms with Crippen molar-refractivity contribution < 1.29 is 4.79 Å². The summed E-state index contributed by atoms with van der Waals surface area (Å²) in [6, 6.07) is 8.17. The zero-order chi connectivity index (χ0) is 17.7. The zero-order valence-electron chi connectivity index (χ0n) is 15.4. The van der Waals surface area contributed by atoms with E-state index in [1.54, 1.807) is 11.3 Å². The Morgan fingerprint density at radius 2 is 1.85 bits per heavy atom. The number of amides is 1. The molecule has 2 aromatic rings. The van der Waals surface area contributed by atoms with Crippen LogP contribution in [-0.4, -0.2) is 34.9 Å². The predicted octanol–water partition coefficient (Wildman–Crippen LogP) is 3.81. The summed E-state index contributed by atoms with van der Waals surface area (Å²) in [6.45, 7) is 1.06. The van der Waals surface area contributed by atoms with Crippen LogP contribution in [0.5, 0.6) is 0 Å². The summed E-state index contributed by atoms with van der Waals surface area (Å²) in [5, 5.41) is 4.72. The number of aromatic nitrogens is 1. The van der Waals surface area contributed by atoms with Gasteiger partial charge < -0.3 is 10.2 Å². The lowest BCUT2D eigenvalue weighted by molar-refractivity contribution is -0.130. The molecule has 4 aliphatic rings. The van der Waals surface area contributed by atoms with Crippen molar-refractivity contribution in [1.29, 1.82) is 0 Å². The van der Waals surface area contributed by atoms with E-state index in [0.717, 1.165) is 28.3 Å². The first-order valence-electron chi connectivity index (χ1n) is 9.92. The van der Waals surface area contributed by atoms with E-state index in [9.17, 15) is 4.79 Å². The molecule has 5 heteroatoms. The third-order valence-corrected chi connectivity index (χ3v) is 7.81. The van der Waals surface area contributed by atoms with Gasteiger partial charge in [0.2, 0.25) is 5.91 Å². The van der Waals surface area contributed by atoms with Crippen molar-refractivity contribution >= 4 is 27.5 Å². The van der Waals surface area contributed by atoms with Crippen LogP contribution in [0.4, 0.5) is 0 Å². The molecule has 4 nitrogen and oxygen atoms in total. The van der Waals surface area contributed by atoms with Crippen molar-refractivity contribution in [3.8, 4) is 0 Å². The Morgan fingerprint density at radius 3 is 2.50 bits per heavy atom. The van der Waals surface area contributed by atoms with E-state index >= 15 is 0 Å². The molecule has 6 rings (SSSR count). The molecule has 0 unspecified atom stereocenters. The summed E-state index contributed by atoms with van der Waals surface area (Å²) in [4.78, 5) is 19.2. The Hall–Kier alpha value is -1.46. The van der Waals surface area contributed by atoms with E-state index in [1.165, 1.54) is 43.2 Å². The lowest BCUT2D eigenvalue weighted by atomic mass is 9.53. The highest BCUT2D eigenvalue weighted by molar-refractivity contribution is 7.18. The SMILES string of the molecule is CN(Cc1nc2ccccc2s1)C(=O)CNC12CC3CC(CC(C3)C1)C2. The lowest BCUT2D eigenvalue weighted by Gasteiger charge is -2.57. The van der Waals surface area contributed by atoms with Crippen LogP contribution in [0.3, 0.4) is 0 Å². The van der Waals surface area contributed by atoms with Gasteiger partial charge in [-0.25, -0.2) is 4.98 Å². The van der Waals surface area contributed by atoms with Gasteiger partial charge in [0.05, 0.1) is 23.3 Å². The van der Waals surface area contributed by atoms with Crippen molar-refractivity contribution in [3.05, 3.63) is 29.3 Å². The van der Waals surface area contributed by atoms with Crippen LogP contribution in [0.1, 0.15) is 43.5 Å². The molecular formula is C21H27N3OS. The van der Waals surface area contributed by atoms with Crippen LogP contribution >= 0.6 is 11.3 Å². The molecule has 0 spiro atoms. The van der Waals surface area contributed by atoms with Gasteiger partial charge in [0.1, 0.15) is 5.01 Å². The number of carbonyl (C=O) groups excluding carboxylic acids is 1. The fourth-order valence-corrected chi connectivity index (χ4v) is 7.02. The molecule has 0 aliphatic heterocycles. The van der Waals surface area contributed by atoms with E-state index in [4.69, 9.17) is 0 Å². The maximum atomic E-state index is 12.7. The Kier molecular flexibility index (Phi) is 4.05. The second-order valence-corrected chi connectivity index (χ2v) is 9.99. The first kappa shape index (κ1) is 16.7. The number of para-hydroxylation sites is 1. The molecule has 4 fully saturated rings. The number of benzene rings is 1. The Bertz CT molecular complexity index is 761. The molecule has 0 atom stereocenters. The Labute approximate surface area is 159 Å². The topological polar surface area (TPSA) is 45.2 Å². The van der Waals surface area contributed by atoms with Gasteiger partial charge in [-0.15, -0.1) is 11.3 Å². The number of nitrogens with one attached hydrogen (secondary N) is 1. The zero-order valence-corrected chi connectivity index (χ0v) is 16.2. The first-order valence-corrected chi connectivity index (χ1v) is 10.7. The van der Waals surface area contributed by atoms with E-state index in [0.29, 0.717) is 13.1 Å². The number of fused-ring (bicyclic) bond motifs is 1. The minimum Gasteiger partial charge on any atom is -0.338 e. The molecule has 4 aliphatic carbocycles. The van der Waals surface area contributed by atoms with Crippen LogP contribution in [0, 0.1) is 17.8 Å². The molecule has 1 N–H and O–H groups in total. The summed E-state index contributed by atoms with van der Waals surface area (Å²) in [5.74, 6) is 2.90. The lowest BCUT2D eigenvalue weighted by Crippen LogP contribution is -2.59. The fourth-order valence-electron chi connectivity index (χ4n) is 6.00. The molecule has 0 radical (unpaired) electrons. The highest BCUT2D eigenvalue weighted by Crippen LogP contribution is 2.55. The Balaban J connectivity index is 1.20. The van der Waals surface area contributed by atoms with E-state index in [2.05, 4.69) is 16.4 Å². The summed E-state index contributed by atoms with van der Waals surface area (Å²) in [6.07, 6.45) is 8.17. The Morgan fingerprint density at radius 1 is 1.19 bits per heavy atom. The van der Waals surface area contributed by atoms with Crippen molar-refractivity contribution in [1.82, 2.24) is 15.2 Å². The average Bonchev–Trinajstić information content (AvgIpc) is 3.00. The van der Waals surface area contributed by atoms with Crippen LogP contribution in [0.25, 0.3) is 10.2 Å². The highest BCUT2D eigenvalue weighted by Gasteiger charge is 2.50. The summed E-state index contributed by atoms with van der Waals surface area (Å²) >= 11 is 1.68. The second-order valence-electron chi connectivity index (χ2n) is 8.88. The molecule has 4 saturated carbocycles. The van der Waals surface area contributed by atoms with Gasteiger partial charge in [-0.3, -0.25) is 4.79 Å². The molecular weight excluding hydrogens is 342 g/mol. The summed E-state index contributed by atoms with van der Waals surface area (Å²) in [5.41, 5.74) is 1.28. The summed E-state index contributed by atoms with van der Waals surface area (Å²) in [7, 11) is 1.90. The summed E-state index contributed by atoms with van der Waals surface area (Å²) < 4.78 is 1.19. The maximum Gasteiger partial charge on any atom is 0.236 e. The number of hydrogen-bond acceptors (Lipinski definition) is 4. The quantitative estimate of drug-likeness (QED) is 0.872. The van der Waals surface area contributed by atoms with Crippen molar-refractivity contribution in [3.63, 3.8) is 0 Å². The van der Waals surface area contributed by atoms with Gasteiger partial charge in [0, 0.05) is 12.6 Å². The predicted molar refractivity (Wildman–Crippen MR) is 105 cm³/mol. The molecule has 26 heavy (non-hydrogen) atoms. The van der Waals surface area contributed by atoms with Gasteiger partial charge >= 0.3 is 0 Å². The molecule has 0 saturated heterocycles. The van der Waals surface area contributed by atoms with E-state index < -0.39 is 0 Å². The van der Waals surface area contributed by atoms with Gasteiger partial charge in [0.25, 0.3) is 0 Å². The average molecular weight is 370 g/mol. The monoisotopic (exact) mass is 369 g/mol.